The number of carbonyl (C=O) groups is 3. The van der Waals surface area contributed by atoms with Crippen LogP contribution in [0.15, 0.2) is 66.7 Å². The molecule has 4 unspecified atom stereocenters. The van der Waals surface area contributed by atoms with Crippen molar-refractivity contribution in [2.45, 2.75) is 44.2 Å². The van der Waals surface area contributed by atoms with Crippen LogP contribution in [0.4, 0.5) is 16.2 Å². The smallest absolute Gasteiger partial charge is 0.337 e. The predicted octanol–water partition coefficient (Wildman–Crippen LogP) is 6.12. The molecular weight excluding hydrogens is 570 g/mol. The molecule has 10 heteroatoms. The Labute approximate surface area is 256 Å². The molecule has 1 aliphatic heterocycles. The Morgan fingerprint density at radius 1 is 0.953 bits per heavy atom. The second kappa shape index (κ2) is 13.9. The lowest BCUT2D eigenvalue weighted by Crippen LogP contribution is -2.41. The summed E-state index contributed by atoms with van der Waals surface area (Å²) in [5.74, 6) is 0.841. The van der Waals surface area contributed by atoms with E-state index in [1.54, 1.807) is 66.7 Å². The van der Waals surface area contributed by atoms with E-state index >= 15 is 0 Å². The maximum Gasteiger partial charge on any atom is 0.337 e. The second-order valence-corrected chi connectivity index (χ2v) is 11.3. The van der Waals surface area contributed by atoms with Gasteiger partial charge in [0.15, 0.2) is 11.9 Å². The molecule has 1 heterocycles. The van der Waals surface area contributed by atoms with Gasteiger partial charge in [-0.2, -0.15) is 0 Å². The van der Waals surface area contributed by atoms with Gasteiger partial charge in [-0.25, -0.2) is 9.59 Å². The Morgan fingerprint density at radius 3 is 2.44 bits per heavy atom. The number of carbonyl (C=O) groups excluding carboxylic acids is 3. The van der Waals surface area contributed by atoms with Crippen LogP contribution < -0.4 is 25.4 Å². The molecule has 5 rings (SSSR count). The van der Waals surface area contributed by atoms with Crippen LogP contribution >= 0.6 is 11.6 Å². The number of anilines is 2. The number of amides is 2. The molecule has 3 aromatic carbocycles. The highest BCUT2D eigenvalue weighted by atomic mass is 35.5. The summed E-state index contributed by atoms with van der Waals surface area (Å²) < 4.78 is 16.7. The van der Waals surface area contributed by atoms with Crippen LogP contribution in [0, 0.1) is 11.8 Å². The van der Waals surface area contributed by atoms with Crippen LogP contribution in [0.5, 0.6) is 11.5 Å². The number of hydrogen-bond donors (Lipinski definition) is 3. The fourth-order valence-electron chi connectivity index (χ4n) is 6.11. The van der Waals surface area contributed by atoms with Gasteiger partial charge in [-0.3, -0.25) is 4.79 Å². The number of ketones is 1. The SMILES string of the molecule is COC(=O)c1ccc(OC(C(=O)Cc2ccc(NC(=O)Nc3ccccc3Cl)c(OC)c2)C2CNC3CCCCC32)cc1. The van der Waals surface area contributed by atoms with Gasteiger partial charge in [-0.15, -0.1) is 0 Å². The van der Waals surface area contributed by atoms with Gasteiger partial charge in [0.2, 0.25) is 0 Å². The van der Waals surface area contributed by atoms with Crippen molar-refractivity contribution >= 4 is 40.8 Å². The standard InChI is InChI=1S/C33H36ClN3O6/c1-41-30-18-20(11-16-28(30)37-33(40)36-27-10-6-4-8-25(27)34)17-29(38)31(24-19-35-26-9-5-3-7-23(24)26)43-22-14-12-21(13-15-22)32(39)42-2/h4,6,8,10-16,18,23-24,26,31,35H,3,5,7,9,17,19H2,1-2H3,(H2,36,37,40). The third-order valence-electron chi connectivity index (χ3n) is 8.24. The van der Waals surface area contributed by atoms with Gasteiger partial charge < -0.3 is 30.2 Å². The quantitative estimate of drug-likeness (QED) is 0.239. The lowest BCUT2D eigenvalue weighted by atomic mass is 9.76. The molecule has 226 valence electrons. The lowest BCUT2D eigenvalue weighted by molar-refractivity contribution is -0.128. The number of esters is 1. The Balaban J connectivity index is 1.32. The molecule has 3 aromatic rings. The fourth-order valence-corrected chi connectivity index (χ4v) is 6.29. The van der Waals surface area contributed by atoms with E-state index in [2.05, 4.69) is 16.0 Å². The molecule has 3 N–H and O–H groups in total. The first-order valence-electron chi connectivity index (χ1n) is 14.5. The van der Waals surface area contributed by atoms with E-state index in [1.165, 1.54) is 20.6 Å². The van der Waals surface area contributed by atoms with E-state index in [1.807, 2.05) is 0 Å². The molecule has 2 fully saturated rings. The highest BCUT2D eigenvalue weighted by Gasteiger charge is 2.44. The molecule has 0 radical (unpaired) electrons. The molecule has 0 aromatic heterocycles. The molecule has 9 nitrogen and oxygen atoms in total. The zero-order valence-electron chi connectivity index (χ0n) is 24.2. The van der Waals surface area contributed by atoms with Crippen molar-refractivity contribution in [3.63, 3.8) is 0 Å². The number of nitrogens with one attached hydrogen (secondary N) is 3. The molecule has 4 atom stereocenters. The van der Waals surface area contributed by atoms with Crippen molar-refractivity contribution in [1.29, 1.82) is 0 Å². The van der Waals surface area contributed by atoms with Crippen LogP contribution in [-0.2, 0) is 16.0 Å². The van der Waals surface area contributed by atoms with Crippen LogP contribution in [-0.4, -0.2) is 50.7 Å². The van der Waals surface area contributed by atoms with E-state index in [4.69, 9.17) is 25.8 Å². The Bertz CT molecular complexity index is 1460. The first kappa shape index (κ1) is 30.4. The Morgan fingerprint density at radius 2 is 1.70 bits per heavy atom. The summed E-state index contributed by atoms with van der Waals surface area (Å²) in [4.78, 5) is 38.5. The number of rotatable bonds is 10. The lowest BCUT2D eigenvalue weighted by Gasteiger charge is -2.32. The van der Waals surface area contributed by atoms with Crippen molar-refractivity contribution in [3.8, 4) is 11.5 Å². The summed E-state index contributed by atoms with van der Waals surface area (Å²) in [7, 11) is 2.84. The highest BCUT2D eigenvalue weighted by Crippen LogP contribution is 2.38. The van der Waals surface area contributed by atoms with Gasteiger partial charge in [0.05, 0.1) is 36.2 Å². The van der Waals surface area contributed by atoms with E-state index in [0.717, 1.165) is 24.8 Å². The normalized spacial score (nSPS) is 19.9. The summed E-state index contributed by atoms with van der Waals surface area (Å²) in [6.45, 7) is 0.707. The van der Waals surface area contributed by atoms with Crippen molar-refractivity contribution in [1.82, 2.24) is 5.32 Å². The first-order chi connectivity index (χ1) is 20.9. The topological polar surface area (TPSA) is 115 Å². The first-order valence-corrected chi connectivity index (χ1v) is 14.8. The molecule has 0 bridgehead atoms. The maximum atomic E-state index is 13.9. The molecule has 43 heavy (non-hydrogen) atoms. The minimum Gasteiger partial charge on any atom is -0.495 e. The molecule has 0 spiro atoms. The summed E-state index contributed by atoms with van der Waals surface area (Å²) in [5.41, 5.74) is 2.08. The number of para-hydroxylation sites is 1. The summed E-state index contributed by atoms with van der Waals surface area (Å²) in [6, 6.07) is 18.8. The number of methoxy groups -OCH3 is 2. The van der Waals surface area contributed by atoms with Gasteiger partial charge in [-0.1, -0.05) is 42.6 Å². The van der Waals surface area contributed by atoms with Crippen molar-refractivity contribution in [3.05, 3.63) is 82.9 Å². The van der Waals surface area contributed by atoms with Crippen molar-refractivity contribution in [2.24, 2.45) is 11.8 Å². The molecule has 1 saturated carbocycles. The number of Topliss-reactive ketones (excluding diaryl/α,β-unsaturated/α-hetero) is 1. The predicted molar refractivity (Wildman–Crippen MR) is 165 cm³/mol. The zero-order valence-corrected chi connectivity index (χ0v) is 25.0. The third-order valence-corrected chi connectivity index (χ3v) is 8.57. The highest BCUT2D eigenvalue weighted by molar-refractivity contribution is 6.33. The molecule has 1 saturated heterocycles. The van der Waals surface area contributed by atoms with E-state index < -0.39 is 18.1 Å². The number of fused-ring (bicyclic) bond motifs is 1. The van der Waals surface area contributed by atoms with Crippen molar-refractivity contribution in [2.75, 3.05) is 31.4 Å². The summed E-state index contributed by atoms with van der Waals surface area (Å²) in [6.07, 6.45) is 3.94. The van der Waals surface area contributed by atoms with Crippen LogP contribution in [0.25, 0.3) is 0 Å². The average Bonchev–Trinajstić information content (AvgIpc) is 3.45. The van der Waals surface area contributed by atoms with Crippen molar-refractivity contribution < 1.29 is 28.6 Å². The van der Waals surface area contributed by atoms with Gasteiger partial charge in [0, 0.05) is 24.9 Å². The minimum atomic E-state index is -0.672. The molecule has 2 amide bonds. The van der Waals surface area contributed by atoms with E-state index in [-0.39, 0.29) is 18.1 Å². The van der Waals surface area contributed by atoms with Crippen LogP contribution in [0.3, 0.4) is 0 Å². The summed E-state index contributed by atoms with van der Waals surface area (Å²) >= 11 is 6.15. The van der Waals surface area contributed by atoms with Crippen LogP contribution in [0.2, 0.25) is 5.02 Å². The Kier molecular flexibility index (Phi) is 9.84. The van der Waals surface area contributed by atoms with E-state index in [9.17, 15) is 14.4 Å². The second-order valence-electron chi connectivity index (χ2n) is 10.9. The van der Waals surface area contributed by atoms with Gasteiger partial charge in [-0.05, 0) is 72.9 Å². The number of ether oxygens (including phenoxy) is 3. The fraction of sp³-hybridized carbons (Fsp3) is 0.364. The average molecular weight is 606 g/mol. The summed E-state index contributed by atoms with van der Waals surface area (Å²) in [5, 5.41) is 9.55. The van der Waals surface area contributed by atoms with Crippen LogP contribution in [0.1, 0.15) is 41.6 Å². The third kappa shape index (κ3) is 7.29. The molecule has 2 aliphatic rings. The Hall–Kier alpha value is -4.08. The minimum absolute atomic E-state index is 0.0226. The van der Waals surface area contributed by atoms with Gasteiger partial charge in [0.1, 0.15) is 11.5 Å². The molecular formula is C33H36ClN3O6. The number of urea groups is 1. The van der Waals surface area contributed by atoms with Gasteiger partial charge in [0.25, 0.3) is 0 Å². The zero-order chi connectivity index (χ0) is 30.3. The maximum absolute atomic E-state index is 13.9. The monoisotopic (exact) mass is 605 g/mol. The van der Waals surface area contributed by atoms with Gasteiger partial charge >= 0.3 is 12.0 Å². The number of halogens is 1. The largest absolute Gasteiger partial charge is 0.495 e. The molecule has 1 aliphatic carbocycles. The number of benzene rings is 3. The van der Waals surface area contributed by atoms with E-state index in [0.29, 0.717) is 52.0 Å². The number of hydrogen-bond acceptors (Lipinski definition) is 7.